The molecule has 0 aliphatic carbocycles. The average Bonchev–Trinajstić information content (AvgIpc) is 3.03. The van der Waals surface area contributed by atoms with Crippen molar-refractivity contribution in [1.82, 2.24) is 20.2 Å². The Bertz CT molecular complexity index is 820. The fourth-order valence-corrected chi connectivity index (χ4v) is 1.91. The number of carbonyl (C=O) groups is 1. The zero-order chi connectivity index (χ0) is 15.5. The van der Waals surface area contributed by atoms with Gasteiger partial charge in [0.2, 0.25) is 0 Å². The van der Waals surface area contributed by atoms with E-state index in [-0.39, 0.29) is 16.9 Å². The molecule has 0 saturated carbocycles. The molecule has 1 heterocycles. The quantitative estimate of drug-likeness (QED) is 0.805. The maximum Gasteiger partial charge on any atom is 0.257 e. The van der Waals surface area contributed by atoms with E-state index in [4.69, 9.17) is 0 Å². The lowest BCUT2D eigenvalue weighted by atomic mass is 10.1. The van der Waals surface area contributed by atoms with E-state index in [1.165, 1.54) is 30.6 Å². The van der Waals surface area contributed by atoms with Crippen molar-refractivity contribution in [3.05, 3.63) is 66.0 Å². The number of para-hydroxylation sites is 1. The Hall–Kier alpha value is -3.16. The van der Waals surface area contributed by atoms with Gasteiger partial charge in [-0.1, -0.05) is 12.1 Å². The third-order valence-electron chi connectivity index (χ3n) is 2.92. The van der Waals surface area contributed by atoms with Gasteiger partial charge in [0, 0.05) is 6.07 Å². The van der Waals surface area contributed by atoms with E-state index in [0.29, 0.717) is 0 Å². The molecule has 0 radical (unpaired) electrons. The highest BCUT2D eigenvalue weighted by molar-refractivity contribution is 6.06. The van der Waals surface area contributed by atoms with E-state index in [1.54, 1.807) is 6.07 Å². The van der Waals surface area contributed by atoms with Crippen LogP contribution in [-0.2, 0) is 0 Å². The van der Waals surface area contributed by atoms with Crippen molar-refractivity contribution in [2.24, 2.45) is 0 Å². The number of hydrogen-bond acceptors (Lipinski definition) is 4. The lowest BCUT2D eigenvalue weighted by Gasteiger charge is -2.10. The highest BCUT2D eigenvalue weighted by atomic mass is 19.1. The van der Waals surface area contributed by atoms with Crippen LogP contribution < -0.4 is 5.32 Å². The van der Waals surface area contributed by atoms with Gasteiger partial charge in [-0.25, -0.2) is 8.78 Å². The molecule has 1 amide bonds. The van der Waals surface area contributed by atoms with E-state index in [9.17, 15) is 13.6 Å². The number of aromatic nitrogens is 4. The second-order valence-electron chi connectivity index (χ2n) is 4.35. The van der Waals surface area contributed by atoms with E-state index in [1.807, 2.05) is 0 Å². The summed E-state index contributed by atoms with van der Waals surface area (Å²) < 4.78 is 28.2. The van der Waals surface area contributed by atoms with Gasteiger partial charge >= 0.3 is 0 Å². The summed E-state index contributed by atoms with van der Waals surface area (Å²) in [5.74, 6) is -1.72. The smallest absolute Gasteiger partial charge is 0.257 e. The molecule has 6 nitrogen and oxygen atoms in total. The van der Waals surface area contributed by atoms with Gasteiger partial charge in [-0.15, -0.1) is 5.10 Å². The molecule has 1 aromatic heterocycles. The maximum absolute atomic E-state index is 13.6. The molecule has 0 aliphatic rings. The van der Waals surface area contributed by atoms with Crippen LogP contribution in [0.1, 0.15) is 10.4 Å². The second kappa shape index (κ2) is 5.68. The number of benzene rings is 2. The number of rotatable bonds is 3. The van der Waals surface area contributed by atoms with Crippen molar-refractivity contribution in [3.8, 4) is 5.69 Å². The van der Waals surface area contributed by atoms with Crippen LogP contribution in [-0.4, -0.2) is 26.1 Å². The van der Waals surface area contributed by atoms with Crippen LogP contribution in [0.3, 0.4) is 0 Å². The number of anilines is 1. The molecular formula is C14H9F2N5O. The fourth-order valence-electron chi connectivity index (χ4n) is 1.91. The van der Waals surface area contributed by atoms with Gasteiger partial charge < -0.3 is 5.32 Å². The summed E-state index contributed by atoms with van der Waals surface area (Å²) in [7, 11) is 0. The summed E-state index contributed by atoms with van der Waals surface area (Å²) in [6.07, 6.45) is 1.23. The molecule has 0 aliphatic heterocycles. The first kappa shape index (κ1) is 13.8. The third-order valence-corrected chi connectivity index (χ3v) is 2.92. The van der Waals surface area contributed by atoms with Gasteiger partial charge in [0.1, 0.15) is 18.0 Å². The van der Waals surface area contributed by atoms with Crippen molar-refractivity contribution >= 4 is 11.6 Å². The van der Waals surface area contributed by atoms with Crippen LogP contribution >= 0.6 is 0 Å². The molecule has 0 atom stereocenters. The molecule has 3 aromatic rings. The van der Waals surface area contributed by atoms with E-state index in [0.717, 1.165) is 16.8 Å². The predicted octanol–water partition coefficient (Wildman–Crippen LogP) is 2.19. The first-order valence-corrected chi connectivity index (χ1v) is 6.24. The normalized spacial score (nSPS) is 10.5. The second-order valence-corrected chi connectivity index (χ2v) is 4.35. The molecule has 0 fully saturated rings. The Morgan fingerprint density at radius 3 is 2.68 bits per heavy atom. The Morgan fingerprint density at radius 2 is 1.95 bits per heavy atom. The zero-order valence-electron chi connectivity index (χ0n) is 11.1. The first-order chi connectivity index (χ1) is 10.6. The van der Waals surface area contributed by atoms with Crippen LogP contribution in [0.15, 0.2) is 48.8 Å². The van der Waals surface area contributed by atoms with Crippen LogP contribution in [0.5, 0.6) is 0 Å². The van der Waals surface area contributed by atoms with Gasteiger partial charge in [-0.05, 0) is 34.7 Å². The minimum Gasteiger partial charge on any atom is -0.319 e. The summed E-state index contributed by atoms with van der Waals surface area (Å²) in [6.45, 7) is 0. The fraction of sp³-hybridized carbons (Fsp3) is 0. The van der Waals surface area contributed by atoms with Crippen LogP contribution in [0, 0.1) is 11.6 Å². The number of hydrogen-bond donors (Lipinski definition) is 1. The molecule has 0 unspecified atom stereocenters. The van der Waals surface area contributed by atoms with Gasteiger partial charge in [0.05, 0.1) is 16.9 Å². The van der Waals surface area contributed by atoms with Gasteiger partial charge in [0.25, 0.3) is 5.91 Å². The summed E-state index contributed by atoms with van der Waals surface area (Å²) >= 11 is 0. The molecule has 8 heteroatoms. The molecule has 1 N–H and O–H groups in total. The van der Waals surface area contributed by atoms with Crippen LogP contribution in [0.25, 0.3) is 5.69 Å². The SMILES string of the molecule is O=C(Nc1ccccc1F)c1ccc(F)cc1-n1cnnn1. The molecule has 0 spiro atoms. The average molecular weight is 301 g/mol. The molecular weight excluding hydrogens is 292 g/mol. The number of halogens is 2. The zero-order valence-corrected chi connectivity index (χ0v) is 11.1. The maximum atomic E-state index is 13.6. The first-order valence-electron chi connectivity index (χ1n) is 6.24. The van der Waals surface area contributed by atoms with E-state index >= 15 is 0 Å². The van der Waals surface area contributed by atoms with Gasteiger partial charge in [-0.2, -0.15) is 4.68 Å². The summed E-state index contributed by atoms with van der Waals surface area (Å²) in [5.41, 5.74) is 0.287. The minimum absolute atomic E-state index is 0.0273. The number of nitrogens with one attached hydrogen (secondary N) is 1. The number of tetrazole rings is 1. The molecule has 0 saturated heterocycles. The highest BCUT2D eigenvalue weighted by Crippen LogP contribution is 2.19. The van der Waals surface area contributed by atoms with E-state index < -0.39 is 17.5 Å². The van der Waals surface area contributed by atoms with Crippen molar-refractivity contribution in [2.75, 3.05) is 5.32 Å². The molecule has 2 aromatic carbocycles. The summed E-state index contributed by atoms with van der Waals surface area (Å²) in [5, 5.41) is 13.0. The van der Waals surface area contributed by atoms with Crippen LogP contribution in [0.2, 0.25) is 0 Å². The van der Waals surface area contributed by atoms with Crippen molar-refractivity contribution in [2.45, 2.75) is 0 Å². The lowest BCUT2D eigenvalue weighted by molar-refractivity contribution is 0.102. The summed E-state index contributed by atoms with van der Waals surface area (Å²) in [4.78, 5) is 12.3. The van der Waals surface area contributed by atoms with Gasteiger partial charge in [-0.3, -0.25) is 4.79 Å². The van der Waals surface area contributed by atoms with Crippen LogP contribution in [0.4, 0.5) is 14.5 Å². The van der Waals surface area contributed by atoms with E-state index in [2.05, 4.69) is 20.8 Å². The predicted molar refractivity (Wildman–Crippen MR) is 73.5 cm³/mol. The van der Waals surface area contributed by atoms with Crippen molar-refractivity contribution < 1.29 is 13.6 Å². The standard InChI is InChI=1S/C14H9F2N5O/c15-9-5-6-10(13(7-9)21-8-17-19-20-21)14(22)18-12-4-2-1-3-11(12)16/h1-8H,(H,18,22). The number of carbonyl (C=O) groups excluding carboxylic acids is 1. The lowest BCUT2D eigenvalue weighted by Crippen LogP contribution is -2.16. The third kappa shape index (κ3) is 2.66. The topological polar surface area (TPSA) is 72.7 Å². The largest absolute Gasteiger partial charge is 0.319 e. The molecule has 110 valence electrons. The molecule has 0 bridgehead atoms. The molecule has 3 rings (SSSR count). The Balaban J connectivity index is 1.98. The number of nitrogens with zero attached hydrogens (tertiary/aromatic N) is 4. The monoisotopic (exact) mass is 301 g/mol. The van der Waals surface area contributed by atoms with Gasteiger partial charge in [0.15, 0.2) is 0 Å². The Morgan fingerprint density at radius 1 is 1.14 bits per heavy atom. The van der Waals surface area contributed by atoms with Crippen molar-refractivity contribution in [3.63, 3.8) is 0 Å². The highest BCUT2D eigenvalue weighted by Gasteiger charge is 2.16. The summed E-state index contributed by atoms with van der Waals surface area (Å²) in [6, 6.07) is 9.27. The minimum atomic E-state index is -0.601. The Kier molecular flexibility index (Phi) is 3.57. The Labute approximate surface area is 123 Å². The van der Waals surface area contributed by atoms with Crippen molar-refractivity contribution in [1.29, 1.82) is 0 Å². The molecule has 22 heavy (non-hydrogen) atoms. The number of amides is 1.